The van der Waals surface area contributed by atoms with Crippen LogP contribution >= 0.6 is 27.7 Å². The van der Waals surface area contributed by atoms with E-state index < -0.39 is 0 Å². The number of nitrogens with two attached hydrogens (primary N) is 1. The van der Waals surface area contributed by atoms with Crippen molar-refractivity contribution >= 4 is 27.7 Å². The fraction of sp³-hybridized carbons (Fsp3) is 0.400. The maximum Gasteiger partial charge on any atom is 0.0302 e. The molecule has 1 atom stereocenters. The monoisotopic (exact) mass is 274 g/mol. The quantitative estimate of drug-likeness (QED) is 0.493. The molecule has 1 aromatic carbocycles. The van der Waals surface area contributed by atoms with Gasteiger partial charge < -0.3 is 0 Å². The number of hydrogen-bond acceptors (Lipinski definition) is 3. The van der Waals surface area contributed by atoms with E-state index in [4.69, 9.17) is 5.84 Å². The number of nitrogens with one attached hydrogen (secondary N) is 1. The van der Waals surface area contributed by atoms with E-state index in [1.54, 1.807) is 0 Å². The first-order valence-electron chi connectivity index (χ1n) is 4.60. The highest BCUT2D eigenvalue weighted by molar-refractivity contribution is 9.10. The highest BCUT2D eigenvalue weighted by Gasteiger charge is 2.03. The van der Waals surface area contributed by atoms with Crippen molar-refractivity contribution in [2.24, 2.45) is 5.84 Å². The Kier molecular flexibility index (Phi) is 5.55. The zero-order valence-corrected chi connectivity index (χ0v) is 10.6. The minimum absolute atomic E-state index is 0.392. The molecule has 78 valence electrons. The van der Waals surface area contributed by atoms with Gasteiger partial charge in [0.2, 0.25) is 0 Å². The van der Waals surface area contributed by atoms with Gasteiger partial charge in [-0.3, -0.25) is 11.3 Å². The Labute approximate surface area is 97.7 Å². The third-order valence-corrected chi connectivity index (χ3v) is 3.70. The van der Waals surface area contributed by atoms with Crippen LogP contribution in [0.3, 0.4) is 0 Å². The van der Waals surface area contributed by atoms with E-state index in [1.807, 2.05) is 11.8 Å². The van der Waals surface area contributed by atoms with Gasteiger partial charge in [0.1, 0.15) is 0 Å². The number of hydrazine groups is 1. The third kappa shape index (κ3) is 4.00. The molecule has 0 bridgehead atoms. The van der Waals surface area contributed by atoms with Gasteiger partial charge in [-0.25, -0.2) is 0 Å². The summed E-state index contributed by atoms with van der Waals surface area (Å²) in [5.74, 6) is 6.41. The number of thioether (sulfide) groups is 1. The summed E-state index contributed by atoms with van der Waals surface area (Å²) in [6, 6.07) is 8.72. The minimum atomic E-state index is 0.392. The SMILES string of the molecule is CCC(CSc1ccc(Br)cc1)NN. The minimum Gasteiger partial charge on any atom is -0.271 e. The molecule has 0 aliphatic carbocycles. The summed E-state index contributed by atoms with van der Waals surface area (Å²) < 4.78 is 1.12. The third-order valence-electron chi connectivity index (χ3n) is 1.99. The molecule has 3 N–H and O–H groups in total. The number of halogens is 1. The smallest absolute Gasteiger partial charge is 0.0302 e. The summed E-state index contributed by atoms with van der Waals surface area (Å²) >= 11 is 5.23. The fourth-order valence-electron chi connectivity index (χ4n) is 1.01. The average Bonchev–Trinajstić information content (AvgIpc) is 2.22. The first kappa shape index (κ1) is 12.0. The van der Waals surface area contributed by atoms with Gasteiger partial charge in [-0.05, 0) is 30.7 Å². The summed E-state index contributed by atoms with van der Waals surface area (Å²) in [5, 5.41) is 0. The van der Waals surface area contributed by atoms with E-state index in [1.165, 1.54) is 4.90 Å². The molecule has 1 unspecified atom stereocenters. The maximum absolute atomic E-state index is 5.40. The van der Waals surface area contributed by atoms with Gasteiger partial charge in [0.05, 0.1) is 0 Å². The first-order valence-corrected chi connectivity index (χ1v) is 6.38. The fourth-order valence-corrected chi connectivity index (χ4v) is 2.33. The molecule has 0 radical (unpaired) electrons. The highest BCUT2D eigenvalue weighted by Crippen LogP contribution is 2.21. The van der Waals surface area contributed by atoms with Crippen LogP contribution in [0.2, 0.25) is 0 Å². The Bertz CT molecular complexity index is 259. The molecule has 4 heteroatoms. The molecule has 2 nitrogen and oxygen atoms in total. The van der Waals surface area contributed by atoms with Gasteiger partial charge in [0.15, 0.2) is 0 Å². The topological polar surface area (TPSA) is 38.0 Å². The van der Waals surface area contributed by atoms with Crippen LogP contribution in [-0.4, -0.2) is 11.8 Å². The van der Waals surface area contributed by atoms with Crippen LogP contribution < -0.4 is 11.3 Å². The Morgan fingerprint density at radius 3 is 2.57 bits per heavy atom. The largest absolute Gasteiger partial charge is 0.271 e. The second-order valence-corrected chi connectivity index (χ2v) is 5.05. The molecular formula is C10H15BrN2S. The zero-order valence-electron chi connectivity index (χ0n) is 8.16. The van der Waals surface area contributed by atoms with Gasteiger partial charge in [-0.2, -0.15) is 0 Å². The van der Waals surface area contributed by atoms with Crippen LogP contribution in [0.25, 0.3) is 0 Å². The van der Waals surface area contributed by atoms with Crippen molar-refractivity contribution in [2.75, 3.05) is 5.75 Å². The Morgan fingerprint density at radius 2 is 2.07 bits per heavy atom. The molecule has 0 saturated heterocycles. The maximum atomic E-state index is 5.40. The number of hydrogen-bond donors (Lipinski definition) is 2. The lowest BCUT2D eigenvalue weighted by Gasteiger charge is -2.12. The van der Waals surface area contributed by atoms with Gasteiger partial charge >= 0.3 is 0 Å². The molecule has 0 aliphatic rings. The molecule has 0 amide bonds. The summed E-state index contributed by atoms with van der Waals surface area (Å²) in [7, 11) is 0. The molecule has 0 aliphatic heterocycles. The average molecular weight is 275 g/mol. The van der Waals surface area contributed by atoms with E-state index >= 15 is 0 Å². The molecule has 0 saturated carbocycles. The molecule has 1 aromatic rings. The number of benzene rings is 1. The van der Waals surface area contributed by atoms with Crippen LogP contribution in [0.5, 0.6) is 0 Å². The second kappa shape index (κ2) is 6.45. The molecule has 1 rings (SSSR count). The predicted octanol–water partition coefficient (Wildman–Crippen LogP) is 2.78. The zero-order chi connectivity index (χ0) is 10.4. The van der Waals surface area contributed by atoms with E-state index in [0.29, 0.717) is 6.04 Å². The van der Waals surface area contributed by atoms with Crippen LogP contribution in [0, 0.1) is 0 Å². The highest BCUT2D eigenvalue weighted by atomic mass is 79.9. The lowest BCUT2D eigenvalue weighted by atomic mass is 10.3. The summed E-state index contributed by atoms with van der Waals surface area (Å²) in [6.45, 7) is 2.13. The van der Waals surface area contributed by atoms with Crippen molar-refractivity contribution in [3.05, 3.63) is 28.7 Å². The van der Waals surface area contributed by atoms with E-state index in [2.05, 4.69) is 52.5 Å². The summed E-state index contributed by atoms with van der Waals surface area (Å²) in [4.78, 5) is 1.28. The van der Waals surface area contributed by atoms with Crippen molar-refractivity contribution in [2.45, 2.75) is 24.3 Å². The Morgan fingerprint density at radius 1 is 1.43 bits per heavy atom. The first-order chi connectivity index (χ1) is 6.76. The molecule has 0 heterocycles. The standard InChI is InChI=1S/C10H15BrN2S/c1-2-9(13-12)7-14-10-5-3-8(11)4-6-10/h3-6,9,13H,2,7,12H2,1H3. The summed E-state index contributed by atoms with van der Waals surface area (Å²) in [6.07, 6.45) is 1.06. The van der Waals surface area contributed by atoms with Crippen molar-refractivity contribution in [3.8, 4) is 0 Å². The molecule has 0 spiro atoms. The molecule has 14 heavy (non-hydrogen) atoms. The van der Waals surface area contributed by atoms with Gasteiger partial charge in [-0.1, -0.05) is 22.9 Å². The number of rotatable bonds is 5. The van der Waals surface area contributed by atoms with Crippen molar-refractivity contribution < 1.29 is 0 Å². The normalized spacial score (nSPS) is 12.8. The lowest BCUT2D eigenvalue weighted by Crippen LogP contribution is -2.36. The van der Waals surface area contributed by atoms with Crippen LogP contribution in [0.4, 0.5) is 0 Å². The Hall–Kier alpha value is -0.0300. The van der Waals surface area contributed by atoms with Gasteiger partial charge in [0.25, 0.3) is 0 Å². The molecule has 0 fully saturated rings. The van der Waals surface area contributed by atoms with Crippen molar-refractivity contribution in [3.63, 3.8) is 0 Å². The predicted molar refractivity (Wildman–Crippen MR) is 66.3 cm³/mol. The van der Waals surface area contributed by atoms with Crippen LogP contribution in [0.15, 0.2) is 33.6 Å². The van der Waals surface area contributed by atoms with Gasteiger partial charge in [-0.15, -0.1) is 11.8 Å². The van der Waals surface area contributed by atoms with Crippen LogP contribution in [0.1, 0.15) is 13.3 Å². The Balaban J connectivity index is 2.41. The lowest BCUT2D eigenvalue weighted by molar-refractivity contribution is 0.562. The van der Waals surface area contributed by atoms with E-state index in [0.717, 1.165) is 16.6 Å². The molecular weight excluding hydrogens is 260 g/mol. The van der Waals surface area contributed by atoms with Crippen molar-refractivity contribution in [1.29, 1.82) is 0 Å². The van der Waals surface area contributed by atoms with Crippen molar-refractivity contribution in [1.82, 2.24) is 5.43 Å². The summed E-state index contributed by atoms with van der Waals surface area (Å²) in [5.41, 5.74) is 2.80. The van der Waals surface area contributed by atoms with Gasteiger partial charge in [0, 0.05) is 21.2 Å². The van der Waals surface area contributed by atoms with E-state index in [9.17, 15) is 0 Å². The van der Waals surface area contributed by atoms with E-state index in [-0.39, 0.29) is 0 Å². The molecule has 0 aromatic heterocycles. The van der Waals surface area contributed by atoms with Crippen LogP contribution in [-0.2, 0) is 0 Å². The second-order valence-electron chi connectivity index (χ2n) is 3.04.